The monoisotopic (exact) mass is 327 g/mol. The largest absolute Gasteiger partial charge is 0.293 e. The van der Waals surface area contributed by atoms with E-state index < -0.39 is 0 Å². The summed E-state index contributed by atoms with van der Waals surface area (Å²) in [4.78, 5) is 17.5. The zero-order valence-corrected chi connectivity index (χ0v) is 14.4. The molecule has 1 aliphatic rings. The predicted molar refractivity (Wildman–Crippen MR) is 91.7 cm³/mol. The fraction of sp³-hybridized carbons (Fsp3) is 0.471. The summed E-state index contributed by atoms with van der Waals surface area (Å²) in [6.45, 7) is 7.18. The molecule has 6 heteroatoms. The van der Waals surface area contributed by atoms with Crippen LogP contribution >= 0.6 is 11.3 Å². The molecule has 0 unspecified atom stereocenters. The van der Waals surface area contributed by atoms with Crippen molar-refractivity contribution in [2.24, 2.45) is 0 Å². The molecule has 0 atom stereocenters. The number of imidazole rings is 1. The molecule has 0 aromatic carbocycles. The number of hydrogen-bond acceptors (Lipinski definition) is 5. The van der Waals surface area contributed by atoms with Gasteiger partial charge in [-0.25, -0.2) is 15.0 Å². The maximum absolute atomic E-state index is 4.74. The van der Waals surface area contributed by atoms with Crippen molar-refractivity contribution in [3.63, 3.8) is 0 Å². The zero-order valence-electron chi connectivity index (χ0n) is 13.6. The van der Waals surface area contributed by atoms with Gasteiger partial charge in [0.2, 0.25) is 0 Å². The van der Waals surface area contributed by atoms with Crippen LogP contribution in [-0.2, 0) is 25.9 Å². The summed E-state index contributed by atoms with van der Waals surface area (Å²) in [7, 11) is 0. The molecule has 0 N–H and O–H groups in total. The summed E-state index contributed by atoms with van der Waals surface area (Å²) in [6, 6.07) is 0. The lowest BCUT2D eigenvalue weighted by Gasteiger charge is -2.28. The van der Waals surface area contributed by atoms with E-state index in [1.807, 2.05) is 6.20 Å². The number of hydrogen-bond donors (Lipinski definition) is 0. The second-order valence-corrected chi connectivity index (χ2v) is 7.04. The van der Waals surface area contributed by atoms with Gasteiger partial charge in [-0.3, -0.25) is 9.30 Å². The third kappa shape index (κ3) is 2.77. The molecule has 0 saturated carbocycles. The van der Waals surface area contributed by atoms with E-state index in [4.69, 9.17) is 4.98 Å². The number of nitrogens with zero attached hydrogens (tertiary/aromatic N) is 5. The number of aryl methyl sites for hydroxylation is 2. The molecule has 3 aromatic heterocycles. The smallest absolute Gasteiger partial charge is 0.194 e. The van der Waals surface area contributed by atoms with Gasteiger partial charge in [-0.1, -0.05) is 6.92 Å². The van der Waals surface area contributed by atoms with Crippen molar-refractivity contribution < 1.29 is 0 Å². The molecule has 0 fully saturated rings. The van der Waals surface area contributed by atoms with Crippen molar-refractivity contribution >= 4 is 16.3 Å². The first-order valence-corrected chi connectivity index (χ1v) is 9.09. The Morgan fingerprint density at radius 3 is 3.09 bits per heavy atom. The van der Waals surface area contributed by atoms with Crippen molar-refractivity contribution in [1.29, 1.82) is 0 Å². The number of thiazole rings is 1. The van der Waals surface area contributed by atoms with Crippen LogP contribution in [0.4, 0.5) is 0 Å². The average molecular weight is 327 g/mol. The van der Waals surface area contributed by atoms with Gasteiger partial charge in [0.1, 0.15) is 5.82 Å². The first kappa shape index (κ1) is 14.8. The van der Waals surface area contributed by atoms with Crippen molar-refractivity contribution in [3.05, 3.63) is 46.2 Å². The van der Waals surface area contributed by atoms with Crippen molar-refractivity contribution in [2.45, 2.75) is 46.2 Å². The minimum atomic E-state index is 0.929. The van der Waals surface area contributed by atoms with Gasteiger partial charge < -0.3 is 0 Å². The third-order valence-corrected chi connectivity index (χ3v) is 5.23. The predicted octanol–water partition coefficient (Wildman–Crippen LogP) is 3.01. The van der Waals surface area contributed by atoms with Crippen LogP contribution in [0.3, 0.4) is 0 Å². The summed E-state index contributed by atoms with van der Waals surface area (Å²) in [5.41, 5.74) is 4.95. The maximum atomic E-state index is 4.74. The van der Waals surface area contributed by atoms with Crippen LogP contribution in [0.1, 0.15) is 41.8 Å². The molecule has 120 valence electrons. The van der Waals surface area contributed by atoms with Crippen LogP contribution in [0, 0.1) is 6.92 Å². The molecule has 5 nitrogen and oxygen atoms in total. The molecule has 0 aliphatic carbocycles. The molecule has 0 saturated heterocycles. The minimum absolute atomic E-state index is 0.929. The number of aromatic nitrogens is 4. The topological polar surface area (TPSA) is 46.3 Å². The average Bonchev–Trinajstić information content (AvgIpc) is 3.10. The van der Waals surface area contributed by atoms with E-state index in [0.717, 1.165) is 55.4 Å². The SMILES string of the molecule is CCCc1ncc2c(n1)CCN(Cc1c(C)nc3sccn13)C2. The van der Waals surface area contributed by atoms with E-state index in [-0.39, 0.29) is 0 Å². The van der Waals surface area contributed by atoms with Gasteiger partial charge in [-0.15, -0.1) is 11.3 Å². The van der Waals surface area contributed by atoms with Crippen LogP contribution in [-0.4, -0.2) is 30.8 Å². The standard InChI is InChI=1S/C17H21N5S/c1-3-4-16-18-9-13-10-21(6-5-14(13)20-16)11-15-12(2)19-17-22(15)7-8-23-17/h7-9H,3-6,10-11H2,1-2H3. The Labute approximate surface area is 140 Å². The Morgan fingerprint density at radius 2 is 2.22 bits per heavy atom. The lowest BCUT2D eigenvalue weighted by Crippen LogP contribution is -2.31. The molecule has 3 aromatic rings. The summed E-state index contributed by atoms with van der Waals surface area (Å²) < 4.78 is 2.22. The molecule has 4 heterocycles. The third-order valence-electron chi connectivity index (χ3n) is 4.47. The molecular weight excluding hydrogens is 306 g/mol. The van der Waals surface area contributed by atoms with Crippen LogP contribution in [0.15, 0.2) is 17.8 Å². The molecule has 23 heavy (non-hydrogen) atoms. The fourth-order valence-corrected chi connectivity index (χ4v) is 4.02. The molecule has 4 rings (SSSR count). The lowest BCUT2D eigenvalue weighted by atomic mass is 10.1. The van der Waals surface area contributed by atoms with Gasteiger partial charge in [0.05, 0.1) is 11.4 Å². The van der Waals surface area contributed by atoms with E-state index >= 15 is 0 Å². The molecule has 1 aliphatic heterocycles. The second-order valence-electron chi connectivity index (χ2n) is 6.17. The first-order chi connectivity index (χ1) is 11.2. The fourth-order valence-electron chi connectivity index (χ4n) is 3.24. The molecular formula is C17H21N5S. The highest BCUT2D eigenvalue weighted by Crippen LogP contribution is 2.22. The Hall–Kier alpha value is -1.79. The summed E-state index contributed by atoms with van der Waals surface area (Å²) in [5, 5.41) is 2.10. The van der Waals surface area contributed by atoms with Crippen molar-refractivity contribution in [1.82, 2.24) is 24.3 Å². The quantitative estimate of drug-likeness (QED) is 0.739. The number of fused-ring (bicyclic) bond motifs is 2. The Morgan fingerprint density at radius 1 is 1.30 bits per heavy atom. The number of rotatable bonds is 4. The van der Waals surface area contributed by atoms with E-state index in [1.165, 1.54) is 17.0 Å². The van der Waals surface area contributed by atoms with E-state index in [1.54, 1.807) is 11.3 Å². The second kappa shape index (κ2) is 6.02. The summed E-state index contributed by atoms with van der Waals surface area (Å²) >= 11 is 1.69. The molecule has 0 spiro atoms. The van der Waals surface area contributed by atoms with Crippen LogP contribution in [0.5, 0.6) is 0 Å². The lowest BCUT2D eigenvalue weighted by molar-refractivity contribution is 0.238. The normalized spacial score (nSPS) is 15.2. The van der Waals surface area contributed by atoms with Crippen LogP contribution < -0.4 is 0 Å². The van der Waals surface area contributed by atoms with E-state index in [0.29, 0.717) is 0 Å². The van der Waals surface area contributed by atoms with Gasteiger partial charge in [0, 0.05) is 61.5 Å². The summed E-state index contributed by atoms with van der Waals surface area (Å²) in [5.74, 6) is 0.992. The Balaban J connectivity index is 1.54. The van der Waals surface area contributed by atoms with Gasteiger partial charge in [0.15, 0.2) is 4.96 Å². The Kier molecular flexibility index (Phi) is 3.87. The minimum Gasteiger partial charge on any atom is -0.293 e. The Bertz CT molecular complexity index is 835. The highest BCUT2D eigenvalue weighted by molar-refractivity contribution is 7.15. The van der Waals surface area contributed by atoms with Crippen LogP contribution in [0.25, 0.3) is 4.96 Å². The maximum Gasteiger partial charge on any atom is 0.194 e. The van der Waals surface area contributed by atoms with Crippen LogP contribution in [0.2, 0.25) is 0 Å². The zero-order chi connectivity index (χ0) is 15.8. The highest BCUT2D eigenvalue weighted by Gasteiger charge is 2.20. The van der Waals surface area contributed by atoms with Crippen molar-refractivity contribution in [3.8, 4) is 0 Å². The first-order valence-electron chi connectivity index (χ1n) is 8.21. The van der Waals surface area contributed by atoms with Crippen molar-refractivity contribution in [2.75, 3.05) is 6.54 Å². The van der Waals surface area contributed by atoms with E-state index in [9.17, 15) is 0 Å². The summed E-state index contributed by atoms with van der Waals surface area (Å²) in [6.07, 6.45) is 7.24. The van der Waals surface area contributed by atoms with Gasteiger partial charge in [-0.05, 0) is 13.3 Å². The highest BCUT2D eigenvalue weighted by atomic mass is 32.1. The van der Waals surface area contributed by atoms with Gasteiger partial charge >= 0.3 is 0 Å². The van der Waals surface area contributed by atoms with Gasteiger partial charge in [0.25, 0.3) is 0 Å². The molecule has 0 bridgehead atoms. The van der Waals surface area contributed by atoms with Gasteiger partial charge in [-0.2, -0.15) is 0 Å². The molecule has 0 radical (unpaired) electrons. The molecule has 0 amide bonds. The van der Waals surface area contributed by atoms with E-state index in [2.05, 4.69) is 44.7 Å².